The van der Waals surface area contributed by atoms with Crippen molar-refractivity contribution >= 4 is 50.8 Å². The van der Waals surface area contributed by atoms with Gasteiger partial charge in [0.25, 0.3) is 0 Å². The van der Waals surface area contributed by atoms with Gasteiger partial charge in [-0.25, -0.2) is 0 Å². The third kappa shape index (κ3) is 3.95. The van der Waals surface area contributed by atoms with Crippen molar-refractivity contribution in [1.29, 1.82) is 0 Å². The molecular weight excluding hydrogens is 362 g/mol. The Bertz CT molecular complexity index is 559. The van der Waals surface area contributed by atoms with Gasteiger partial charge in [0.15, 0.2) is 8.68 Å². The van der Waals surface area contributed by atoms with Gasteiger partial charge >= 0.3 is 0 Å². The van der Waals surface area contributed by atoms with Crippen LogP contribution in [0.1, 0.15) is 18.5 Å². The van der Waals surface area contributed by atoms with Crippen molar-refractivity contribution in [2.24, 2.45) is 0 Å². The quantitative estimate of drug-likeness (QED) is 0.781. The molecule has 1 aromatic heterocycles. The molecule has 1 atom stereocenters. The van der Waals surface area contributed by atoms with Gasteiger partial charge in [0.2, 0.25) is 0 Å². The molecule has 0 saturated carbocycles. The Morgan fingerprint density at radius 3 is 2.63 bits per heavy atom. The number of rotatable bonds is 5. The number of nitrogens with zero attached hydrogens (tertiary/aromatic N) is 2. The van der Waals surface area contributed by atoms with Gasteiger partial charge in [-0.3, -0.25) is 0 Å². The Morgan fingerprint density at radius 2 is 2.05 bits per heavy atom. The largest absolute Gasteiger partial charge is 0.313 e. The van der Waals surface area contributed by atoms with Crippen LogP contribution >= 0.6 is 50.8 Å². The highest BCUT2D eigenvalue weighted by Crippen LogP contribution is 2.37. The third-order valence-corrected chi connectivity index (χ3v) is 6.59. The lowest BCUT2D eigenvalue weighted by Crippen LogP contribution is -2.12. The topological polar surface area (TPSA) is 37.8 Å². The maximum absolute atomic E-state index is 4.17. The Labute approximate surface area is 134 Å². The predicted molar refractivity (Wildman–Crippen MR) is 87.4 cm³/mol. The van der Waals surface area contributed by atoms with Gasteiger partial charge in [0, 0.05) is 15.4 Å². The standard InChI is InChI=1S/C12H14BrN3S3/c1-7(14-2)8-4-5-10(9(13)6-8)18-12-16-15-11(17-3)19-12/h4-7,14H,1-3H3. The van der Waals surface area contributed by atoms with E-state index in [-0.39, 0.29) is 0 Å². The van der Waals surface area contributed by atoms with E-state index in [0.29, 0.717) is 6.04 Å². The molecule has 0 fully saturated rings. The van der Waals surface area contributed by atoms with Crippen molar-refractivity contribution in [2.45, 2.75) is 26.5 Å². The summed E-state index contributed by atoms with van der Waals surface area (Å²) in [6.45, 7) is 2.14. The molecule has 0 aliphatic heterocycles. The first kappa shape index (κ1) is 15.3. The summed E-state index contributed by atoms with van der Waals surface area (Å²) >= 11 is 8.52. The lowest BCUT2D eigenvalue weighted by molar-refractivity contribution is 0.651. The minimum atomic E-state index is 0.347. The normalized spacial score (nSPS) is 12.6. The summed E-state index contributed by atoms with van der Waals surface area (Å²) in [5, 5.41) is 11.5. The van der Waals surface area contributed by atoms with Crippen molar-refractivity contribution in [1.82, 2.24) is 15.5 Å². The molecule has 19 heavy (non-hydrogen) atoms. The Morgan fingerprint density at radius 1 is 1.32 bits per heavy atom. The summed E-state index contributed by atoms with van der Waals surface area (Å²) in [5.41, 5.74) is 1.26. The molecule has 0 aliphatic carbocycles. The van der Waals surface area contributed by atoms with E-state index in [0.717, 1.165) is 18.0 Å². The molecule has 7 heteroatoms. The number of hydrogen-bond donors (Lipinski definition) is 1. The van der Waals surface area contributed by atoms with Crippen molar-refractivity contribution in [3.05, 3.63) is 28.2 Å². The van der Waals surface area contributed by atoms with Crippen LogP contribution in [-0.4, -0.2) is 23.5 Å². The second-order valence-electron chi connectivity index (χ2n) is 3.84. The highest BCUT2D eigenvalue weighted by Gasteiger charge is 2.10. The average molecular weight is 376 g/mol. The first-order valence-corrected chi connectivity index (χ1v) is 9.31. The fraction of sp³-hybridized carbons (Fsp3) is 0.333. The van der Waals surface area contributed by atoms with Crippen LogP contribution in [0.15, 0.2) is 36.2 Å². The summed E-state index contributed by atoms with van der Waals surface area (Å²) in [4.78, 5) is 1.16. The molecule has 2 rings (SSSR count). The van der Waals surface area contributed by atoms with Crippen molar-refractivity contribution in [2.75, 3.05) is 13.3 Å². The number of thioether (sulfide) groups is 1. The first-order valence-electron chi connectivity index (χ1n) is 5.66. The number of benzene rings is 1. The van der Waals surface area contributed by atoms with E-state index in [9.17, 15) is 0 Å². The first-order chi connectivity index (χ1) is 9.13. The van der Waals surface area contributed by atoms with E-state index < -0.39 is 0 Å². The maximum Gasteiger partial charge on any atom is 0.179 e. The van der Waals surface area contributed by atoms with Gasteiger partial charge in [-0.15, -0.1) is 10.2 Å². The van der Waals surface area contributed by atoms with Crippen molar-refractivity contribution < 1.29 is 0 Å². The van der Waals surface area contributed by atoms with E-state index in [2.05, 4.69) is 56.6 Å². The van der Waals surface area contributed by atoms with Crippen LogP contribution in [0.4, 0.5) is 0 Å². The van der Waals surface area contributed by atoms with E-state index in [4.69, 9.17) is 0 Å². The predicted octanol–water partition coefficient (Wildman–Crippen LogP) is 4.45. The summed E-state index contributed by atoms with van der Waals surface area (Å²) in [7, 11) is 1.96. The van der Waals surface area contributed by atoms with E-state index in [1.807, 2.05) is 13.3 Å². The molecule has 1 aromatic carbocycles. The van der Waals surface area contributed by atoms with Crippen LogP contribution in [0.2, 0.25) is 0 Å². The number of aromatic nitrogens is 2. The van der Waals surface area contributed by atoms with Crippen molar-refractivity contribution in [3.63, 3.8) is 0 Å². The molecule has 1 heterocycles. The Hall–Kier alpha value is -0.0800. The molecule has 0 aliphatic rings. The number of nitrogens with one attached hydrogen (secondary N) is 1. The number of hydrogen-bond acceptors (Lipinski definition) is 6. The van der Waals surface area contributed by atoms with Crippen LogP contribution in [0.25, 0.3) is 0 Å². The van der Waals surface area contributed by atoms with Gasteiger partial charge < -0.3 is 5.32 Å². The van der Waals surface area contributed by atoms with Crippen molar-refractivity contribution in [3.8, 4) is 0 Å². The van der Waals surface area contributed by atoms with Gasteiger partial charge in [0.05, 0.1) is 0 Å². The molecule has 3 nitrogen and oxygen atoms in total. The summed E-state index contributed by atoms with van der Waals surface area (Å²) in [5.74, 6) is 0. The maximum atomic E-state index is 4.17. The zero-order valence-corrected chi connectivity index (χ0v) is 14.8. The average Bonchev–Trinajstić information content (AvgIpc) is 2.88. The van der Waals surface area contributed by atoms with Gasteiger partial charge in [-0.2, -0.15) is 0 Å². The molecular formula is C12H14BrN3S3. The van der Waals surface area contributed by atoms with E-state index >= 15 is 0 Å². The number of halogens is 1. The molecule has 2 aromatic rings. The minimum absolute atomic E-state index is 0.347. The second kappa shape index (κ2) is 7.08. The molecule has 102 valence electrons. The van der Waals surface area contributed by atoms with Crippen LogP contribution in [0, 0.1) is 0 Å². The zero-order valence-electron chi connectivity index (χ0n) is 10.8. The molecule has 1 unspecified atom stereocenters. The highest BCUT2D eigenvalue weighted by atomic mass is 79.9. The molecule has 0 spiro atoms. The zero-order chi connectivity index (χ0) is 13.8. The summed E-state index contributed by atoms with van der Waals surface area (Å²) in [6.07, 6.45) is 2.01. The molecule has 0 amide bonds. The summed E-state index contributed by atoms with van der Waals surface area (Å²) in [6, 6.07) is 6.77. The third-order valence-electron chi connectivity index (χ3n) is 2.65. The minimum Gasteiger partial charge on any atom is -0.313 e. The fourth-order valence-electron chi connectivity index (χ4n) is 1.45. The van der Waals surface area contributed by atoms with Gasteiger partial charge in [-0.1, -0.05) is 40.9 Å². The lowest BCUT2D eigenvalue weighted by Gasteiger charge is -2.12. The van der Waals surface area contributed by atoms with Crippen LogP contribution in [0.5, 0.6) is 0 Å². The lowest BCUT2D eigenvalue weighted by atomic mass is 10.1. The Kier molecular flexibility index (Phi) is 5.70. The highest BCUT2D eigenvalue weighted by molar-refractivity contribution is 9.10. The Balaban J connectivity index is 2.17. The van der Waals surface area contributed by atoms with Crippen LogP contribution < -0.4 is 5.32 Å². The SMILES string of the molecule is CNC(C)c1ccc(Sc2nnc(SC)s2)c(Br)c1. The molecule has 0 radical (unpaired) electrons. The molecule has 0 saturated heterocycles. The monoisotopic (exact) mass is 375 g/mol. The van der Waals surface area contributed by atoms with Crippen LogP contribution in [0.3, 0.4) is 0 Å². The fourth-order valence-corrected chi connectivity index (χ4v) is 4.49. The van der Waals surface area contributed by atoms with E-state index in [1.165, 1.54) is 5.56 Å². The van der Waals surface area contributed by atoms with Gasteiger partial charge in [0.1, 0.15) is 0 Å². The molecule has 0 bridgehead atoms. The second-order valence-corrected chi connectivity index (χ2v) is 8.01. The van der Waals surface area contributed by atoms with Gasteiger partial charge in [-0.05, 0) is 53.9 Å². The summed E-state index contributed by atoms with van der Waals surface area (Å²) < 4.78 is 3.07. The van der Waals surface area contributed by atoms with E-state index in [1.54, 1.807) is 34.9 Å². The smallest absolute Gasteiger partial charge is 0.179 e. The van der Waals surface area contributed by atoms with Crippen LogP contribution in [-0.2, 0) is 0 Å². The molecule has 1 N–H and O–H groups in total.